The normalized spacial score (nSPS) is 20.0. The summed E-state index contributed by atoms with van der Waals surface area (Å²) in [4.78, 5) is 16.1. The number of carbonyl (C=O) groups is 1. The maximum Gasteiger partial charge on any atom is 0.272 e. The monoisotopic (exact) mass is 385 g/mol. The Morgan fingerprint density at radius 1 is 1.19 bits per heavy atom. The van der Waals surface area contributed by atoms with Crippen molar-refractivity contribution < 1.29 is 13.9 Å². The lowest BCUT2D eigenvalue weighted by Gasteiger charge is -2.35. The van der Waals surface area contributed by atoms with Gasteiger partial charge in [-0.3, -0.25) is 4.79 Å². The predicted octanol–water partition coefficient (Wildman–Crippen LogP) is 3.99. The van der Waals surface area contributed by atoms with Crippen molar-refractivity contribution in [2.24, 2.45) is 0 Å². The van der Waals surface area contributed by atoms with Crippen LogP contribution in [0.2, 0.25) is 0 Å². The largest absolute Gasteiger partial charge is 0.372 e. The molecule has 4 rings (SSSR count). The average Bonchev–Trinajstić information content (AvgIpc) is 3.30. The maximum atomic E-state index is 13.3. The first kappa shape index (κ1) is 17.9. The molecule has 1 aromatic carbocycles. The zero-order chi connectivity index (χ0) is 19.0. The standard InChI is InChI=1S/C20H20FN3O2S/c1-13-11-23(12-14(2)26-13)20(25)18-10-17(19-4-3-9-27-19)22-24(18)16-7-5-15(21)6-8-16/h3-10,13-14H,11-12H2,1-2H3. The summed E-state index contributed by atoms with van der Waals surface area (Å²) in [5, 5.41) is 6.60. The van der Waals surface area contributed by atoms with Gasteiger partial charge < -0.3 is 9.64 Å². The van der Waals surface area contributed by atoms with Crippen molar-refractivity contribution >= 4 is 17.2 Å². The van der Waals surface area contributed by atoms with Crippen molar-refractivity contribution in [1.82, 2.24) is 14.7 Å². The van der Waals surface area contributed by atoms with Gasteiger partial charge in [-0.05, 0) is 55.6 Å². The van der Waals surface area contributed by atoms with Crippen LogP contribution in [0.15, 0.2) is 47.8 Å². The van der Waals surface area contributed by atoms with Crippen LogP contribution in [0.3, 0.4) is 0 Å². The molecule has 0 bridgehead atoms. The van der Waals surface area contributed by atoms with Crippen molar-refractivity contribution in [3.63, 3.8) is 0 Å². The Balaban J connectivity index is 1.76. The predicted molar refractivity (Wildman–Crippen MR) is 103 cm³/mol. The van der Waals surface area contributed by atoms with Gasteiger partial charge >= 0.3 is 0 Å². The van der Waals surface area contributed by atoms with Crippen LogP contribution in [0.1, 0.15) is 24.3 Å². The smallest absolute Gasteiger partial charge is 0.272 e. The Morgan fingerprint density at radius 2 is 1.89 bits per heavy atom. The van der Waals surface area contributed by atoms with Crippen LogP contribution in [-0.4, -0.2) is 45.9 Å². The molecular formula is C20H20FN3O2S. The van der Waals surface area contributed by atoms with E-state index in [0.717, 1.165) is 10.6 Å². The Morgan fingerprint density at radius 3 is 2.52 bits per heavy atom. The van der Waals surface area contributed by atoms with Crippen molar-refractivity contribution in [1.29, 1.82) is 0 Å². The molecule has 27 heavy (non-hydrogen) atoms. The second kappa shape index (κ2) is 7.25. The fraction of sp³-hybridized carbons (Fsp3) is 0.300. The molecular weight excluding hydrogens is 365 g/mol. The van der Waals surface area contributed by atoms with E-state index in [2.05, 4.69) is 5.10 Å². The van der Waals surface area contributed by atoms with E-state index in [0.29, 0.717) is 24.5 Å². The highest BCUT2D eigenvalue weighted by Gasteiger charge is 2.29. The van der Waals surface area contributed by atoms with E-state index in [4.69, 9.17) is 4.74 Å². The third-order valence-electron chi connectivity index (χ3n) is 4.48. The lowest BCUT2D eigenvalue weighted by atomic mass is 10.2. The lowest BCUT2D eigenvalue weighted by molar-refractivity contribution is -0.0588. The number of hydrogen-bond acceptors (Lipinski definition) is 4. The van der Waals surface area contributed by atoms with Gasteiger partial charge in [-0.1, -0.05) is 6.07 Å². The molecule has 3 aromatic rings. The molecule has 3 heterocycles. The number of benzene rings is 1. The molecule has 1 amide bonds. The molecule has 0 radical (unpaired) electrons. The molecule has 1 aliphatic rings. The summed E-state index contributed by atoms with van der Waals surface area (Å²) in [6.45, 7) is 4.99. The van der Waals surface area contributed by atoms with Crippen LogP contribution in [0.4, 0.5) is 4.39 Å². The third-order valence-corrected chi connectivity index (χ3v) is 5.37. The van der Waals surface area contributed by atoms with Gasteiger partial charge in [0.25, 0.3) is 5.91 Å². The molecule has 2 aromatic heterocycles. The molecule has 1 saturated heterocycles. The van der Waals surface area contributed by atoms with E-state index < -0.39 is 0 Å². The van der Waals surface area contributed by atoms with Crippen LogP contribution in [0, 0.1) is 5.82 Å². The summed E-state index contributed by atoms with van der Waals surface area (Å²) in [6.07, 6.45) is -0.0340. The molecule has 0 saturated carbocycles. The van der Waals surface area contributed by atoms with Gasteiger partial charge in [0.2, 0.25) is 0 Å². The first-order chi connectivity index (χ1) is 13.0. The highest BCUT2D eigenvalue weighted by molar-refractivity contribution is 7.13. The van der Waals surface area contributed by atoms with Gasteiger partial charge in [-0.25, -0.2) is 9.07 Å². The summed E-state index contributed by atoms with van der Waals surface area (Å²) < 4.78 is 20.7. The fourth-order valence-corrected chi connectivity index (χ4v) is 4.04. The molecule has 0 aliphatic carbocycles. The molecule has 5 nitrogen and oxygen atoms in total. The molecule has 140 valence electrons. The topological polar surface area (TPSA) is 47.4 Å². The number of ether oxygens (including phenoxy) is 1. The molecule has 0 spiro atoms. The number of aromatic nitrogens is 2. The van der Waals surface area contributed by atoms with Gasteiger partial charge in [0.05, 0.1) is 22.8 Å². The Labute approximate surface area is 161 Å². The number of amides is 1. The SMILES string of the molecule is CC1CN(C(=O)c2cc(-c3cccs3)nn2-c2ccc(F)cc2)CC(C)O1. The molecule has 2 atom stereocenters. The minimum absolute atomic E-state index is 0.0170. The summed E-state index contributed by atoms with van der Waals surface area (Å²) in [7, 11) is 0. The van der Waals surface area contributed by atoms with Gasteiger partial charge in [-0.15, -0.1) is 11.3 Å². The Hall–Kier alpha value is -2.51. The number of nitrogens with zero attached hydrogens (tertiary/aromatic N) is 3. The molecule has 1 aliphatic heterocycles. The van der Waals surface area contributed by atoms with Crippen LogP contribution < -0.4 is 0 Å². The Kier molecular flexibility index (Phi) is 4.80. The summed E-state index contributed by atoms with van der Waals surface area (Å²) in [5.41, 5.74) is 1.84. The zero-order valence-electron chi connectivity index (χ0n) is 15.1. The molecule has 1 fully saturated rings. The van der Waals surface area contributed by atoms with E-state index >= 15 is 0 Å². The minimum Gasteiger partial charge on any atom is -0.372 e. The maximum absolute atomic E-state index is 13.3. The van der Waals surface area contributed by atoms with Crippen molar-refractivity contribution in [3.8, 4) is 16.3 Å². The number of halogens is 1. The molecule has 0 N–H and O–H groups in total. The van der Waals surface area contributed by atoms with Crippen LogP contribution in [0.5, 0.6) is 0 Å². The van der Waals surface area contributed by atoms with Crippen molar-refractivity contribution in [2.45, 2.75) is 26.1 Å². The fourth-order valence-electron chi connectivity index (χ4n) is 3.36. The summed E-state index contributed by atoms with van der Waals surface area (Å²) in [5.74, 6) is -0.426. The summed E-state index contributed by atoms with van der Waals surface area (Å²) in [6, 6.07) is 11.7. The quantitative estimate of drug-likeness (QED) is 0.685. The first-order valence-corrected chi connectivity index (χ1v) is 9.74. The van der Waals surface area contributed by atoms with Crippen LogP contribution in [0.25, 0.3) is 16.3 Å². The molecule has 7 heteroatoms. The number of rotatable bonds is 3. The van der Waals surface area contributed by atoms with Gasteiger partial charge in [0.15, 0.2) is 0 Å². The number of hydrogen-bond donors (Lipinski definition) is 0. The Bertz CT molecular complexity index is 927. The van der Waals surface area contributed by atoms with E-state index in [1.165, 1.54) is 12.1 Å². The van der Waals surface area contributed by atoms with E-state index in [-0.39, 0.29) is 23.9 Å². The van der Waals surface area contributed by atoms with Crippen molar-refractivity contribution in [2.75, 3.05) is 13.1 Å². The van der Waals surface area contributed by atoms with E-state index in [1.807, 2.05) is 37.4 Å². The first-order valence-electron chi connectivity index (χ1n) is 8.86. The number of morpholine rings is 1. The second-order valence-electron chi connectivity index (χ2n) is 6.75. The number of thiophene rings is 1. The van der Waals surface area contributed by atoms with Gasteiger partial charge in [0.1, 0.15) is 17.2 Å². The highest BCUT2D eigenvalue weighted by atomic mass is 32.1. The van der Waals surface area contributed by atoms with Crippen molar-refractivity contribution in [3.05, 3.63) is 59.4 Å². The summed E-state index contributed by atoms with van der Waals surface area (Å²) >= 11 is 1.56. The van der Waals surface area contributed by atoms with Crippen LogP contribution >= 0.6 is 11.3 Å². The third kappa shape index (κ3) is 3.65. The molecule has 2 unspecified atom stereocenters. The van der Waals surface area contributed by atoms with Crippen LogP contribution in [-0.2, 0) is 4.74 Å². The minimum atomic E-state index is -0.326. The highest BCUT2D eigenvalue weighted by Crippen LogP contribution is 2.27. The van der Waals surface area contributed by atoms with E-state index in [1.54, 1.807) is 33.1 Å². The van der Waals surface area contributed by atoms with Gasteiger partial charge in [-0.2, -0.15) is 5.10 Å². The van der Waals surface area contributed by atoms with Gasteiger partial charge in [0, 0.05) is 13.1 Å². The average molecular weight is 385 g/mol. The lowest BCUT2D eigenvalue weighted by Crippen LogP contribution is -2.48. The number of carbonyl (C=O) groups excluding carboxylic acids is 1. The second-order valence-corrected chi connectivity index (χ2v) is 7.70. The van der Waals surface area contributed by atoms with E-state index in [9.17, 15) is 9.18 Å². The zero-order valence-corrected chi connectivity index (χ0v) is 15.9.